The lowest BCUT2D eigenvalue weighted by Gasteiger charge is -2.37. The van der Waals surface area contributed by atoms with Gasteiger partial charge in [0.25, 0.3) is 5.91 Å². The Balaban J connectivity index is 1.68. The van der Waals surface area contributed by atoms with Crippen LogP contribution in [0, 0.1) is 18.8 Å². The number of hydrogen-bond donors (Lipinski definition) is 1. The van der Waals surface area contributed by atoms with Crippen molar-refractivity contribution in [3.63, 3.8) is 0 Å². The van der Waals surface area contributed by atoms with Gasteiger partial charge in [-0.15, -0.1) is 11.8 Å². The number of aliphatic hydroxyl groups is 1. The molecule has 0 aliphatic carbocycles. The second-order valence-corrected chi connectivity index (χ2v) is 11.8. The van der Waals surface area contributed by atoms with Crippen molar-refractivity contribution in [1.82, 2.24) is 9.80 Å². The topological polar surface area (TPSA) is 81.2 Å². The van der Waals surface area contributed by atoms with E-state index in [9.17, 15) is 19.5 Å². The molecule has 4 heterocycles. The third-order valence-corrected chi connectivity index (χ3v) is 9.66. The zero-order chi connectivity index (χ0) is 24.4. The van der Waals surface area contributed by atoms with E-state index in [-0.39, 0.29) is 30.9 Å². The predicted octanol–water partition coefficient (Wildman–Crippen LogP) is 2.26. The fourth-order valence-electron chi connectivity index (χ4n) is 6.16. The largest absolute Gasteiger partial charge is 0.395 e. The van der Waals surface area contributed by atoms with Gasteiger partial charge < -0.3 is 19.8 Å². The van der Waals surface area contributed by atoms with E-state index >= 15 is 0 Å². The normalized spacial score (nSPS) is 34.8. The van der Waals surface area contributed by atoms with Crippen LogP contribution in [0.3, 0.4) is 0 Å². The monoisotopic (exact) mass is 501 g/mol. The summed E-state index contributed by atoms with van der Waals surface area (Å²) in [5, 5.41) is 10.3. The number of likely N-dealkylation sites (tertiary alicyclic amines) is 1. The number of carbonyl (C=O) groups excluding carboxylic acids is 3. The summed E-state index contributed by atoms with van der Waals surface area (Å²) in [5.41, 5.74) is 1.48. The summed E-state index contributed by atoms with van der Waals surface area (Å²) >= 11 is 8.06. The standard InChI is InChI=1S/C25H28ClN3O4S/c1-15-7-4-8-16(26)19(15)28-12-6-10-25-18(22(32)29(13-14-30)20(25)23(28)33)17-21(31)27(3)11-5-9-24(17,2)34-25/h4-10,17-18,20,30H,11-14H2,1-3H3/t17-,18+,20?,24+,25+/m1/s1. The molecule has 3 amide bonds. The van der Waals surface area contributed by atoms with Crippen LogP contribution in [0.2, 0.25) is 5.02 Å². The third kappa shape index (κ3) is 3.11. The van der Waals surface area contributed by atoms with Crippen LogP contribution in [0.4, 0.5) is 5.69 Å². The van der Waals surface area contributed by atoms with Gasteiger partial charge in [0.1, 0.15) is 6.04 Å². The quantitative estimate of drug-likeness (QED) is 0.643. The first kappa shape index (κ1) is 23.5. The van der Waals surface area contributed by atoms with Crippen LogP contribution in [0.1, 0.15) is 12.5 Å². The minimum Gasteiger partial charge on any atom is -0.395 e. The van der Waals surface area contributed by atoms with Gasteiger partial charge in [0.15, 0.2) is 0 Å². The number of rotatable bonds is 3. The van der Waals surface area contributed by atoms with Gasteiger partial charge in [-0.1, -0.05) is 48.0 Å². The number of hydrogen-bond acceptors (Lipinski definition) is 5. The summed E-state index contributed by atoms with van der Waals surface area (Å²) in [6, 6.07) is 4.63. The average Bonchev–Trinajstić information content (AvgIpc) is 3.05. The Hall–Kier alpha value is -2.29. The molecule has 5 atom stereocenters. The van der Waals surface area contributed by atoms with E-state index in [1.165, 1.54) is 16.7 Å². The molecule has 7 nitrogen and oxygen atoms in total. The lowest BCUT2D eigenvalue weighted by atomic mass is 9.74. The van der Waals surface area contributed by atoms with E-state index in [0.717, 1.165) is 5.56 Å². The molecule has 34 heavy (non-hydrogen) atoms. The zero-order valence-corrected chi connectivity index (χ0v) is 21.0. The molecule has 0 bridgehead atoms. The zero-order valence-electron chi connectivity index (χ0n) is 19.4. The molecule has 2 saturated heterocycles. The molecule has 4 aliphatic heterocycles. The molecule has 0 radical (unpaired) electrons. The Morgan fingerprint density at radius 3 is 2.53 bits per heavy atom. The van der Waals surface area contributed by atoms with Crippen LogP contribution in [0.5, 0.6) is 0 Å². The highest BCUT2D eigenvalue weighted by Gasteiger charge is 2.73. The molecule has 1 aromatic carbocycles. The van der Waals surface area contributed by atoms with Gasteiger partial charge in [0.05, 0.1) is 33.9 Å². The number of β-amino-alcohol motifs (C(OH)–C–C–N with tert-alkyl or cyclic N) is 1. The van der Waals surface area contributed by atoms with E-state index in [2.05, 4.69) is 0 Å². The van der Waals surface area contributed by atoms with E-state index < -0.39 is 27.4 Å². The summed E-state index contributed by atoms with van der Waals surface area (Å²) in [7, 11) is 1.74. The average molecular weight is 502 g/mol. The number of likely N-dealkylation sites (N-methyl/N-ethyl adjacent to an activating group) is 1. The van der Waals surface area contributed by atoms with Crippen LogP contribution < -0.4 is 4.90 Å². The maximum Gasteiger partial charge on any atom is 0.251 e. The van der Waals surface area contributed by atoms with Gasteiger partial charge >= 0.3 is 0 Å². The third-order valence-electron chi connectivity index (χ3n) is 7.56. The Morgan fingerprint density at radius 2 is 1.82 bits per heavy atom. The molecule has 180 valence electrons. The smallest absolute Gasteiger partial charge is 0.251 e. The first-order valence-corrected chi connectivity index (χ1v) is 12.6. The second kappa shape index (κ2) is 8.14. The number of amides is 3. The predicted molar refractivity (Wildman–Crippen MR) is 133 cm³/mol. The number of nitrogens with zero attached hydrogens (tertiary/aromatic N) is 3. The number of thioether (sulfide) groups is 1. The summed E-state index contributed by atoms with van der Waals surface area (Å²) < 4.78 is -1.56. The van der Waals surface area contributed by atoms with Crippen molar-refractivity contribution >= 4 is 46.8 Å². The molecule has 1 aromatic rings. The highest BCUT2D eigenvalue weighted by atomic mass is 35.5. The van der Waals surface area contributed by atoms with Crippen molar-refractivity contribution in [2.75, 3.05) is 38.2 Å². The Morgan fingerprint density at radius 1 is 1.09 bits per heavy atom. The lowest BCUT2D eigenvalue weighted by Crippen LogP contribution is -2.54. The molecular formula is C25H28ClN3O4S. The Bertz CT molecular complexity index is 1120. The maximum atomic E-state index is 14.2. The molecule has 1 spiro atoms. The van der Waals surface area contributed by atoms with Crippen LogP contribution in [0.25, 0.3) is 0 Å². The Kier molecular flexibility index (Phi) is 5.61. The summed E-state index contributed by atoms with van der Waals surface area (Å²) in [5.74, 6) is -1.91. The number of aryl methyl sites for hydroxylation is 1. The minimum absolute atomic E-state index is 0.0283. The number of halogens is 1. The lowest BCUT2D eigenvalue weighted by molar-refractivity contribution is -0.143. The molecule has 2 fully saturated rings. The maximum absolute atomic E-state index is 14.2. The molecule has 5 rings (SSSR count). The van der Waals surface area contributed by atoms with Gasteiger partial charge in [0.2, 0.25) is 11.8 Å². The van der Waals surface area contributed by atoms with Crippen molar-refractivity contribution in [3.8, 4) is 0 Å². The SMILES string of the molecule is Cc1cccc(Cl)c1N1CC=C[C@]23S[C@@]4(C)C=CCN(C)C(=O)[C@H]4[C@H]2C(=O)N(CCO)C3C1=O. The van der Waals surface area contributed by atoms with Crippen molar-refractivity contribution in [3.05, 3.63) is 53.1 Å². The highest BCUT2D eigenvalue weighted by molar-refractivity contribution is 8.02. The first-order valence-electron chi connectivity index (χ1n) is 11.4. The molecule has 1 unspecified atom stereocenters. The van der Waals surface area contributed by atoms with Gasteiger partial charge in [-0.25, -0.2) is 0 Å². The molecular weight excluding hydrogens is 474 g/mol. The van der Waals surface area contributed by atoms with Crippen LogP contribution in [0.15, 0.2) is 42.5 Å². The number of benzene rings is 1. The van der Waals surface area contributed by atoms with Gasteiger partial charge in [0, 0.05) is 31.4 Å². The van der Waals surface area contributed by atoms with Crippen LogP contribution in [-0.2, 0) is 14.4 Å². The van der Waals surface area contributed by atoms with Gasteiger partial charge in [-0.2, -0.15) is 0 Å². The number of para-hydroxylation sites is 1. The Labute approximate surface area is 208 Å². The van der Waals surface area contributed by atoms with Crippen molar-refractivity contribution in [2.45, 2.75) is 29.4 Å². The molecule has 0 saturated carbocycles. The van der Waals surface area contributed by atoms with E-state index in [4.69, 9.17) is 11.6 Å². The summed E-state index contributed by atoms with van der Waals surface area (Å²) in [6.45, 7) is 4.44. The molecule has 1 N–H and O–H groups in total. The molecule has 0 aromatic heterocycles. The highest BCUT2D eigenvalue weighted by Crippen LogP contribution is 2.65. The fraction of sp³-hybridized carbons (Fsp3) is 0.480. The van der Waals surface area contributed by atoms with Gasteiger partial charge in [-0.05, 0) is 25.5 Å². The number of anilines is 1. The second-order valence-electron chi connectivity index (χ2n) is 9.63. The van der Waals surface area contributed by atoms with Crippen molar-refractivity contribution in [1.29, 1.82) is 0 Å². The fourth-order valence-corrected chi connectivity index (χ4v) is 8.64. The van der Waals surface area contributed by atoms with E-state index in [0.29, 0.717) is 23.8 Å². The van der Waals surface area contributed by atoms with E-state index in [1.54, 1.807) is 22.9 Å². The number of carbonyl (C=O) groups is 3. The minimum atomic E-state index is -0.926. The first-order chi connectivity index (χ1) is 16.2. The van der Waals surface area contributed by atoms with Crippen LogP contribution in [-0.4, -0.2) is 81.5 Å². The van der Waals surface area contributed by atoms with Crippen molar-refractivity contribution in [2.24, 2.45) is 11.8 Å². The van der Waals surface area contributed by atoms with Crippen LogP contribution >= 0.6 is 23.4 Å². The molecule has 9 heteroatoms. The summed E-state index contributed by atoms with van der Waals surface area (Å²) in [4.78, 5) is 46.4. The van der Waals surface area contributed by atoms with Crippen molar-refractivity contribution < 1.29 is 19.5 Å². The molecule has 4 aliphatic rings. The van der Waals surface area contributed by atoms with E-state index in [1.807, 2.05) is 50.3 Å². The number of aliphatic hydroxyl groups excluding tert-OH is 1. The van der Waals surface area contributed by atoms with Gasteiger partial charge in [-0.3, -0.25) is 14.4 Å². The summed E-state index contributed by atoms with van der Waals surface area (Å²) in [6.07, 6.45) is 7.88. The number of fused-ring (bicyclic) bond motifs is 2.